The largest absolute Gasteiger partial charge is 1.00 e. The molecule has 0 bridgehead atoms. The van der Waals surface area contributed by atoms with Gasteiger partial charge >= 0.3 is 103 Å². The van der Waals surface area contributed by atoms with Gasteiger partial charge in [-0.15, -0.1) is 0 Å². The summed E-state index contributed by atoms with van der Waals surface area (Å²) in [5.74, 6) is -0.999. The molecular weight excluding hydrogens is 1060 g/mol. The number of nitrogens with zero attached hydrogens (tertiary/aromatic N) is 7. The van der Waals surface area contributed by atoms with Gasteiger partial charge in [-0.3, -0.25) is 49.3 Å². The van der Waals surface area contributed by atoms with Crippen LogP contribution in [0.2, 0.25) is 10.0 Å². The monoisotopic (exact) mass is 1110 g/mol. The third-order valence-corrected chi connectivity index (χ3v) is 11.8. The third-order valence-electron chi connectivity index (χ3n) is 11.4. The molecule has 0 aliphatic heterocycles. The van der Waals surface area contributed by atoms with Crippen molar-refractivity contribution in [2.45, 2.75) is 47.2 Å². The standard InChI is InChI=1S/C26H21ClN6O2.C26H19ClN6O.CH2O3.CH4.2K.H/c1-14-6-17-7-15(9-21(25(28)34)24(17)30-12-14)8-19-10-16(4-5-29-19)26(35)31-13-23-20-11-18(27)2-3-22(20)32-33-23;1-15-6-18-7-16(8-19(12-28)25(18)30-13-15)9-21-10-17(4-5-29-21)26(34)31-14-24-22-11-20(27)2-3-23(22)32-33-24;2-1-4-3;;;;/h2-7,9-12H,8,13H2,1H3,(H2,28,34)(H,31,35)(H,32,33);2-8,10-11,13H,9,14H2,1H3,(H,31,34)(H,32,33);1,3H;1H4;;;/q;;;;2*+1;-1/p-1. The molecule has 0 saturated carbocycles. The van der Waals surface area contributed by atoms with Gasteiger partial charge in [-0.1, -0.05) is 30.6 Å². The number of benzene rings is 4. The number of aromatic nitrogens is 8. The van der Waals surface area contributed by atoms with Crippen molar-refractivity contribution in [1.29, 1.82) is 5.26 Å². The number of nitrogens with one attached hydrogen (secondary N) is 4. The number of fused-ring (bicyclic) bond motifs is 4. The Kier molecular flexibility index (Phi) is 22.9. The molecule has 76 heavy (non-hydrogen) atoms. The van der Waals surface area contributed by atoms with Gasteiger partial charge in [-0.2, -0.15) is 15.5 Å². The molecule has 0 saturated heterocycles. The molecule has 374 valence electrons. The van der Waals surface area contributed by atoms with Gasteiger partial charge in [-0.05, 0) is 133 Å². The summed E-state index contributed by atoms with van der Waals surface area (Å²) in [6.07, 6.45) is 7.59. The number of aryl methyl sites for hydroxylation is 2. The average Bonchev–Trinajstić information content (AvgIpc) is 3.99. The molecule has 0 aliphatic rings. The molecule has 0 unspecified atom stereocenters. The second-order valence-electron chi connectivity index (χ2n) is 16.6. The number of pyridine rings is 4. The zero-order chi connectivity index (χ0) is 51.6. The molecule has 6 aromatic heterocycles. The van der Waals surface area contributed by atoms with E-state index in [1.807, 2.05) is 68.4 Å². The van der Waals surface area contributed by atoms with E-state index in [1.54, 1.807) is 67.3 Å². The van der Waals surface area contributed by atoms with Gasteiger partial charge < -0.3 is 27.9 Å². The van der Waals surface area contributed by atoms with E-state index >= 15 is 0 Å². The van der Waals surface area contributed by atoms with Gasteiger partial charge in [0, 0.05) is 91.7 Å². The molecule has 10 rings (SSSR count). The number of nitriles is 1. The maximum atomic E-state index is 12.8. The van der Waals surface area contributed by atoms with Crippen molar-refractivity contribution in [3.8, 4) is 6.07 Å². The third kappa shape index (κ3) is 15.4. The minimum atomic E-state index is -0.540. The number of rotatable bonds is 12. The van der Waals surface area contributed by atoms with Gasteiger partial charge in [0.15, 0.2) is 0 Å². The van der Waals surface area contributed by atoms with E-state index in [9.17, 15) is 19.6 Å². The Bertz CT molecular complexity index is 3800. The van der Waals surface area contributed by atoms with Gasteiger partial charge in [0.2, 0.25) is 0 Å². The molecule has 6 N–H and O–H groups in total. The average molecular weight is 1110 g/mol. The van der Waals surface area contributed by atoms with Crippen molar-refractivity contribution in [2.75, 3.05) is 0 Å². The molecule has 10 aromatic rings. The maximum absolute atomic E-state index is 12.8. The fourth-order valence-electron chi connectivity index (χ4n) is 8.05. The molecule has 22 heteroatoms. The van der Waals surface area contributed by atoms with Crippen LogP contribution in [0.3, 0.4) is 0 Å². The van der Waals surface area contributed by atoms with E-state index < -0.39 is 5.91 Å². The van der Waals surface area contributed by atoms with Gasteiger partial charge in [0.05, 0.1) is 57.7 Å². The summed E-state index contributed by atoms with van der Waals surface area (Å²) >= 11 is 12.2. The molecular formula is C54H46Cl2K2N12O6. The van der Waals surface area contributed by atoms with Crippen LogP contribution >= 0.6 is 23.2 Å². The first-order valence-electron chi connectivity index (χ1n) is 22.2. The van der Waals surface area contributed by atoms with Crippen molar-refractivity contribution in [2.24, 2.45) is 5.73 Å². The van der Waals surface area contributed by atoms with Gasteiger partial charge in [-0.25, -0.2) is 0 Å². The van der Waals surface area contributed by atoms with Crippen molar-refractivity contribution in [3.05, 3.63) is 199 Å². The number of primary amides is 1. The van der Waals surface area contributed by atoms with Crippen LogP contribution in [0.15, 0.2) is 122 Å². The van der Waals surface area contributed by atoms with Crippen molar-refractivity contribution < 1.29 is 134 Å². The van der Waals surface area contributed by atoms with Crippen LogP contribution in [0.1, 0.15) is 90.5 Å². The van der Waals surface area contributed by atoms with Crippen LogP contribution in [0, 0.1) is 25.2 Å². The van der Waals surface area contributed by atoms with E-state index in [0.29, 0.717) is 61.9 Å². The molecule has 0 fully saturated rings. The Morgan fingerprint density at radius 1 is 0.697 bits per heavy atom. The summed E-state index contributed by atoms with van der Waals surface area (Å²) in [5, 5.41) is 42.9. The van der Waals surface area contributed by atoms with Crippen molar-refractivity contribution in [3.63, 3.8) is 0 Å². The molecule has 3 amide bonds. The first-order valence-corrected chi connectivity index (χ1v) is 23.0. The van der Waals surface area contributed by atoms with Crippen LogP contribution in [0.5, 0.6) is 0 Å². The second-order valence-corrected chi connectivity index (χ2v) is 17.5. The van der Waals surface area contributed by atoms with Crippen LogP contribution in [0.4, 0.5) is 0 Å². The van der Waals surface area contributed by atoms with Crippen LogP contribution in [-0.4, -0.2) is 64.5 Å². The quantitative estimate of drug-likeness (QED) is 0.0508. The summed E-state index contributed by atoms with van der Waals surface area (Å²) < 4.78 is 0. The number of amides is 3. The Labute approximate surface area is 532 Å². The van der Waals surface area contributed by atoms with Crippen molar-refractivity contribution in [1.82, 2.24) is 51.0 Å². The fraction of sp³-hybridized carbons (Fsp3) is 0.130. The fourth-order valence-corrected chi connectivity index (χ4v) is 8.40. The van der Waals surface area contributed by atoms with Crippen molar-refractivity contribution >= 4 is 91.0 Å². The summed E-state index contributed by atoms with van der Waals surface area (Å²) in [6.45, 7) is 4.28. The van der Waals surface area contributed by atoms with E-state index in [0.717, 1.165) is 71.9 Å². The molecule has 18 nitrogen and oxygen atoms in total. The second kappa shape index (κ2) is 28.5. The molecule has 0 atom stereocenters. The topological polar surface area (TPSA) is 283 Å². The molecule has 0 spiro atoms. The van der Waals surface area contributed by atoms with E-state index in [2.05, 4.69) is 61.9 Å². The summed E-state index contributed by atoms with van der Waals surface area (Å²) in [6, 6.07) is 31.4. The normalized spacial score (nSPS) is 10.3. The minimum Gasteiger partial charge on any atom is -1.00 e. The Balaban J connectivity index is 0.000000297. The first kappa shape index (κ1) is 61.0. The Morgan fingerprint density at radius 3 is 1.62 bits per heavy atom. The number of nitrogens with two attached hydrogens (primary N) is 1. The number of hydrogen-bond acceptors (Lipinski definition) is 13. The SMILES string of the molecule is C.Cc1cnc2c(C#N)cc(Cc3cc(C(=O)NCc4[nH]nc5ccc(Cl)cc45)ccn3)cc2c1.Cc1cnc2c(C(N)=O)cc(Cc3cc(C(=O)NCc4[nH]nc5ccc(Cl)cc45)ccn3)cc2c1.O=CO[O-].[H-].[K+].[K+]. The predicted molar refractivity (Wildman–Crippen MR) is 280 cm³/mol. The number of carbonyl (C=O) groups is 4. The zero-order valence-corrected chi connectivity index (χ0v) is 48.6. The van der Waals surface area contributed by atoms with Crippen LogP contribution < -0.4 is 124 Å². The number of aromatic amines is 2. The number of H-pyrrole nitrogens is 2. The summed E-state index contributed by atoms with van der Waals surface area (Å²) in [5.41, 5.74) is 17.0. The Morgan fingerprint density at radius 2 is 1.16 bits per heavy atom. The summed E-state index contributed by atoms with van der Waals surface area (Å²) in [4.78, 5) is 66.5. The predicted octanol–water partition coefficient (Wildman–Crippen LogP) is 2.14. The van der Waals surface area contributed by atoms with Crippen LogP contribution in [0.25, 0.3) is 43.6 Å². The number of carbonyl (C=O) groups excluding carboxylic acids is 4. The van der Waals surface area contributed by atoms with E-state index in [-0.39, 0.29) is 143 Å². The molecule has 6 heterocycles. The minimum absolute atomic E-state index is 0. The van der Waals surface area contributed by atoms with Crippen LogP contribution in [-0.2, 0) is 35.6 Å². The van der Waals surface area contributed by atoms with Gasteiger partial charge in [0.25, 0.3) is 24.2 Å². The van der Waals surface area contributed by atoms with E-state index in [1.165, 1.54) is 0 Å². The van der Waals surface area contributed by atoms with E-state index in [4.69, 9.17) is 39.0 Å². The molecule has 4 aromatic carbocycles. The maximum Gasteiger partial charge on any atom is 1.00 e. The molecule has 0 radical (unpaired) electrons. The number of halogens is 2. The molecule has 0 aliphatic carbocycles. The van der Waals surface area contributed by atoms with Gasteiger partial charge in [0.1, 0.15) is 6.07 Å². The number of hydrogen-bond donors (Lipinski definition) is 5. The summed E-state index contributed by atoms with van der Waals surface area (Å²) in [7, 11) is 0. The Hall–Kier alpha value is -5.88. The zero-order valence-electron chi connectivity index (χ0n) is 41.9. The smallest absolute Gasteiger partial charge is 1.00 e. The first-order chi connectivity index (χ1) is 35.3.